The van der Waals surface area contributed by atoms with Crippen molar-refractivity contribution in [2.24, 2.45) is 0 Å². The van der Waals surface area contributed by atoms with Gasteiger partial charge in [0.2, 0.25) is 0 Å². The van der Waals surface area contributed by atoms with Crippen molar-refractivity contribution < 1.29 is 4.74 Å². The molecular formula is C15H21N3O. The van der Waals surface area contributed by atoms with Crippen LogP contribution in [0.3, 0.4) is 0 Å². The number of aryl methyl sites for hydroxylation is 1. The summed E-state index contributed by atoms with van der Waals surface area (Å²) in [4.78, 5) is 0. The summed E-state index contributed by atoms with van der Waals surface area (Å²) < 4.78 is 6.93. The molecule has 0 aliphatic rings. The van der Waals surface area contributed by atoms with E-state index in [1.165, 1.54) is 11.1 Å². The molecule has 4 heteroatoms. The van der Waals surface area contributed by atoms with Crippen molar-refractivity contribution in [3.05, 3.63) is 47.8 Å². The molecular weight excluding hydrogens is 238 g/mol. The number of nitrogens with zero attached hydrogens (tertiary/aromatic N) is 2. The van der Waals surface area contributed by atoms with Gasteiger partial charge < -0.3 is 10.1 Å². The molecule has 2 rings (SSSR count). The first-order chi connectivity index (χ1) is 9.20. The lowest BCUT2D eigenvalue weighted by atomic mass is 10.0. The van der Waals surface area contributed by atoms with Crippen LogP contribution in [0.15, 0.2) is 36.7 Å². The molecule has 1 heterocycles. The van der Waals surface area contributed by atoms with Crippen LogP contribution in [0.4, 0.5) is 5.69 Å². The number of methoxy groups -OCH3 is 1. The minimum atomic E-state index is 0.265. The number of aromatic nitrogens is 2. The molecule has 1 N–H and O–H groups in total. The first-order valence-electron chi connectivity index (χ1n) is 6.54. The monoisotopic (exact) mass is 259 g/mol. The predicted molar refractivity (Wildman–Crippen MR) is 77.3 cm³/mol. The molecule has 1 atom stereocenters. The number of hydrogen-bond donors (Lipinski definition) is 1. The van der Waals surface area contributed by atoms with Gasteiger partial charge in [0.25, 0.3) is 0 Å². The van der Waals surface area contributed by atoms with Crippen LogP contribution in [0.25, 0.3) is 0 Å². The van der Waals surface area contributed by atoms with Gasteiger partial charge in [-0.3, -0.25) is 4.68 Å². The van der Waals surface area contributed by atoms with E-state index in [-0.39, 0.29) is 6.04 Å². The number of ether oxygens (including phenoxy) is 1. The first kappa shape index (κ1) is 13.6. The van der Waals surface area contributed by atoms with E-state index < -0.39 is 0 Å². The highest BCUT2D eigenvalue weighted by Crippen LogP contribution is 2.21. The fraction of sp³-hybridized carbons (Fsp3) is 0.400. The summed E-state index contributed by atoms with van der Waals surface area (Å²) in [5, 5.41) is 7.77. The molecule has 4 nitrogen and oxygen atoms in total. The van der Waals surface area contributed by atoms with Crippen molar-refractivity contribution in [1.82, 2.24) is 9.78 Å². The molecule has 1 aromatic heterocycles. The Morgan fingerprint density at radius 2 is 2.16 bits per heavy atom. The second-order valence-corrected chi connectivity index (χ2v) is 4.71. The van der Waals surface area contributed by atoms with Gasteiger partial charge in [0.15, 0.2) is 0 Å². The second-order valence-electron chi connectivity index (χ2n) is 4.71. The van der Waals surface area contributed by atoms with E-state index in [9.17, 15) is 0 Å². The van der Waals surface area contributed by atoms with Crippen molar-refractivity contribution in [3.63, 3.8) is 0 Å². The van der Waals surface area contributed by atoms with E-state index in [1.54, 1.807) is 7.11 Å². The molecule has 0 radical (unpaired) electrons. The summed E-state index contributed by atoms with van der Waals surface area (Å²) >= 11 is 0. The fourth-order valence-corrected chi connectivity index (χ4v) is 2.15. The summed E-state index contributed by atoms with van der Waals surface area (Å²) in [6.07, 6.45) is 3.86. The van der Waals surface area contributed by atoms with Gasteiger partial charge in [-0.05, 0) is 25.0 Å². The SMILES string of the molecule is COCCn1cc(NC(C)c2ccccc2C)cn1. The molecule has 0 saturated carbocycles. The molecule has 0 amide bonds. The molecule has 102 valence electrons. The van der Waals surface area contributed by atoms with E-state index in [4.69, 9.17) is 4.74 Å². The molecule has 0 fully saturated rings. The highest BCUT2D eigenvalue weighted by Gasteiger charge is 2.08. The maximum atomic E-state index is 5.04. The van der Waals surface area contributed by atoms with Crippen LogP contribution in [0.1, 0.15) is 24.1 Å². The minimum absolute atomic E-state index is 0.265. The van der Waals surface area contributed by atoms with Crippen LogP contribution in [-0.4, -0.2) is 23.5 Å². The van der Waals surface area contributed by atoms with Crippen molar-refractivity contribution >= 4 is 5.69 Å². The van der Waals surface area contributed by atoms with E-state index in [1.807, 2.05) is 17.1 Å². The van der Waals surface area contributed by atoms with Gasteiger partial charge in [0.05, 0.1) is 25.0 Å². The Labute approximate surface area is 114 Å². The van der Waals surface area contributed by atoms with Gasteiger partial charge >= 0.3 is 0 Å². The number of nitrogens with one attached hydrogen (secondary N) is 1. The van der Waals surface area contributed by atoms with Crippen molar-refractivity contribution in [2.75, 3.05) is 19.0 Å². The Kier molecular flexibility index (Phi) is 4.58. The normalized spacial score (nSPS) is 12.4. The molecule has 0 bridgehead atoms. The van der Waals surface area contributed by atoms with Crippen LogP contribution in [-0.2, 0) is 11.3 Å². The molecule has 1 unspecified atom stereocenters. The maximum Gasteiger partial charge on any atom is 0.0731 e. The van der Waals surface area contributed by atoms with Crippen molar-refractivity contribution in [1.29, 1.82) is 0 Å². The molecule has 2 aromatic rings. The smallest absolute Gasteiger partial charge is 0.0731 e. The van der Waals surface area contributed by atoms with Crippen LogP contribution in [0.2, 0.25) is 0 Å². The molecule has 0 aliphatic heterocycles. The zero-order chi connectivity index (χ0) is 13.7. The third kappa shape index (κ3) is 3.58. The second kappa shape index (κ2) is 6.38. The van der Waals surface area contributed by atoms with Gasteiger partial charge in [-0.2, -0.15) is 5.10 Å². The van der Waals surface area contributed by atoms with Crippen LogP contribution in [0.5, 0.6) is 0 Å². The maximum absolute atomic E-state index is 5.04. The summed E-state index contributed by atoms with van der Waals surface area (Å²) in [5.74, 6) is 0. The zero-order valence-corrected chi connectivity index (χ0v) is 11.8. The number of rotatable bonds is 6. The van der Waals surface area contributed by atoms with Crippen LogP contribution in [0, 0.1) is 6.92 Å². The molecule has 0 spiro atoms. The molecule has 0 aliphatic carbocycles. The average Bonchev–Trinajstić information content (AvgIpc) is 2.84. The highest BCUT2D eigenvalue weighted by molar-refractivity contribution is 5.42. The minimum Gasteiger partial charge on any atom is -0.383 e. The van der Waals surface area contributed by atoms with E-state index in [0.717, 1.165) is 12.2 Å². The third-order valence-electron chi connectivity index (χ3n) is 3.20. The Hall–Kier alpha value is -1.81. The Balaban J connectivity index is 2.01. The summed E-state index contributed by atoms with van der Waals surface area (Å²) in [7, 11) is 1.70. The summed E-state index contributed by atoms with van der Waals surface area (Å²) in [6, 6.07) is 8.69. The van der Waals surface area contributed by atoms with Gasteiger partial charge in [0.1, 0.15) is 0 Å². The lowest BCUT2D eigenvalue weighted by Crippen LogP contribution is -2.08. The van der Waals surface area contributed by atoms with Crippen molar-refractivity contribution in [2.45, 2.75) is 26.4 Å². The number of benzene rings is 1. The van der Waals surface area contributed by atoms with Gasteiger partial charge in [0, 0.05) is 19.3 Å². The van der Waals surface area contributed by atoms with Crippen LogP contribution < -0.4 is 5.32 Å². The fourth-order valence-electron chi connectivity index (χ4n) is 2.15. The number of anilines is 1. The Morgan fingerprint density at radius 1 is 1.37 bits per heavy atom. The molecule has 1 aromatic carbocycles. The topological polar surface area (TPSA) is 39.1 Å². The Bertz CT molecular complexity index is 522. The third-order valence-corrected chi connectivity index (χ3v) is 3.20. The lowest BCUT2D eigenvalue weighted by molar-refractivity contribution is 0.183. The van der Waals surface area contributed by atoms with Crippen LogP contribution >= 0.6 is 0 Å². The lowest BCUT2D eigenvalue weighted by Gasteiger charge is -2.16. The summed E-state index contributed by atoms with van der Waals surface area (Å²) in [5.41, 5.74) is 3.65. The van der Waals surface area contributed by atoms with Gasteiger partial charge in [-0.15, -0.1) is 0 Å². The van der Waals surface area contributed by atoms with E-state index in [2.05, 4.69) is 48.5 Å². The largest absolute Gasteiger partial charge is 0.383 e. The predicted octanol–water partition coefficient (Wildman–Crippen LogP) is 3.01. The zero-order valence-electron chi connectivity index (χ0n) is 11.8. The first-order valence-corrected chi connectivity index (χ1v) is 6.54. The van der Waals surface area contributed by atoms with E-state index >= 15 is 0 Å². The van der Waals surface area contributed by atoms with E-state index in [0.29, 0.717) is 6.61 Å². The Morgan fingerprint density at radius 3 is 2.89 bits per heavy atom. The quantitative estimate of drug-likeness (QED) is 0.866. The number of hydrogen-bond acceptors (Lipinski definition) is 3. The highest BCUT2D eigenvalue weighted by atomic mass is 16.5. The molecule has 19 heavy (non-hydrogen) atoms. The van der Waals surface area contributed by atoms with Gasteiger partial charge in [-0.1, -0.05) is 24.3 Å². The molecule has 0 saturated heterocycles. The van der Waals surface area contributed by atoms with Crippen molar-refractivity contribution in [3.8, 4) is 0 Å². The van der Waals surface area contributed by atoms with Gasteiger partial charge in [-0.25, -0.2) is 0 Å². The standard InChI is InChI=1S/C15H21N3O/c1-12-6-4-5-7-15(12)13(2)17-14-10-16-18(11-14)8-9-19-3/h4-7,10-11,13,17H,8-9H2,1-3H3. The average molecular weight is 259 g/mol. The summed E-state index contributed by atoms with van der Waals surface area (Å²) in [6.45, 7) is 5.75.